The molecule has 228 valence electrons. The van der Waals surface area contributed by atoms with Gasteiger partial charge in [-0.3, -0.25) is 19.2 Å². The van der Waals surface area contributed by atoms with Gasteiger partial charge >= 0.3 is 11.7 Å². The van der Waals surface area contributed by atoms with Gasteiger partial charge in [0.25, 0.3) is 5.91 Å². The minimum Gasteiger partial charge on any atom is -0.481 e. The van der Waals surface area contributed by atoms with Crippen LogP contribution in [0.15, 0.2) is 47.3 Å². The number of Topliss-reactive ketones (excluding diaryl/α,β-unsaturated/α-hetero) is 2. The summed E-state index contributed by atoms with van der Waals surface area (Å²) in [5.74, 6) is -15.1. The minimum atomic E-state index is -1.91. The third kappa shape index (κ3) is 5.57. The highest BCUT2D eigenvalue weighted by Crippen LogP contribution is 2.32. The highest BCUT2D eigenvalue weighted by molar-refractivity contribution is 6.09. The number of carbonyl (C=O) groups excluding carboxylic acids is 3. The lowest BCUT2D eigenvalue weighted by atomic mass is 9.89. The number of aromatic amines is 2. The quantitative estimate of drug-likeness (QED) is 0.131. The fourth-order valence-corrected chi connectivity index (χ4v) is 5.24. The van der Waals surface area contributed by atoms with Crippen LogP contribution in [0.1, 0.15) is 35.7 Å². The van der Waals surface area contributed by atoms with Crippen molar-refractivity contribution in [2.24, 2.45) is 5.92 Å². The van der Waals surface area contributed by atoms with Gasteiger partial charge in [0.2, 0.25) is 11.6 Å². The lowest BCUT2D eigenvalue weighted by molar-refractivity contribution is -0.146. The Kier molecular flexibility index (Phi) is 8.09. The van der Waals surface area contributed by atoms with Crippen LogP contribution in [-0.4, -0.2) is 56.1 Å². The molecule has 0 radical (unpaired) electrons. The second-order valence-corrected chi connectivity index (χ2v) is 10.2. The monoisotopic (exact) mass is 613 g/mol. The van der Waals surface area contributed by atoms with Crippen molar-refractivity contribution in [3.8, 4) is 16.9 Å². The largest absolute Gasteiger partial charge is 0.481 e. The summed E-state index contributed by atoms with van der Waals surface area (Å²) in [6, 6.07) is 8.94. The number of imidazole rings is 1. The normalized spacial score (nSPS) is 14.0. The fraction of sp³-hybridized carbons (Fsp3) is 0.233. The zero-order valence-electron chi connectivity index (χ0n) is 22.9. The van der Waals surface area contributed by atoms with Crippen molar-refractivity contribution in [1.29, 1.82) is 0 Å². The molecule has 0 fully saturated rings. The predicted molar refractivity (Wildman–Crippen MR) is 146 cm³/mol. The van der Waals surface area contributed by atoms with Crippen LogP contribution in [-0.2, 0) is 20.9 Å². The molecule has 5 rings (SSSR count). The van der Waals surface area contributed by atoms with Gasteiger partial charge in [0.1, 0.15) is 6.61 Å². The number of amides is 1. The molecule has 0 unspecified atom stereocenters. The number of carboxylic acid groups (broad SMARTS) is 1. The lowest BCUT2D eigenvalue weighted by Crippen LogP contribution is -2.46. The molecular weight excluding hydrogens is 590 g/mol. The van der Waals surface area contributed by atoms with E-state index in [0.717, 1.165) is 0 Å². The standard InChI is InChI=1S/C30H23F4N3O7/c1-2-22(27(41)17(9-24(39)40)23(38)12-44-28-25(33)18(31)10-19(32)26(28)34)37-11-15-4-3-13(7-16(15)29(37)42)14-5-6-20-21(8-14)36-30(43)35-20/h3-8,10,17,22H,2,9,11-12H2,1H3,(H,39,40)(H2,35,36,43)/t17-,22+/m1/s1. The third-order valence-corrected chi connectivity index (χ3v) is 7.42. The maximum atomic E-state index is 14.0. The molecule has 44 heavy (non-hydrogen) atoms. The molecule has 1 aliphatic heterocycles. The van der Waals surface area contributed by atoms with E-state index in [9.17, 15) is 46.6 Å². The van der Waals surface area contributed by atoms with E-state index in [2.05, 4.69) is 14.7 Å². The molecule has 1 aromatic heterocycles. The van der Waals surface area contributed by atoms with Crippen molar-refractivity contribution >= 4 is 34.5 Å². The van der Waals surface area contributed by atoms with Gasteiger partial charge in [0, 0.05) is 18.2 Å². The van der Waals surface area contributed by atoms with Crippen LogP contribution in [0.25, 0.3) is 22.2 Å². The van der Waals surface area contributed by atoms with Crippen molar-refractivity contribution < 1.29 is 46.6 Å². The van der Waals surface area contributed by atoms with Gasteiger partial charge in [-0.25, -0.2) is 13.6 Å². The van der Waals surface area contributed by atoms with Gasteiger partial charge in [0.15, 0.2) is 29.0 Å². The van der Waals surface area contributed by atoms with Crippen LogP contribution in [0.4, 0.5) is 17.6 Å². The Labute approximate surface area is 245 Å². The van der Waals surface area contributed by atoms with E-state index in [1.54, 1.807) is 43.3 Å². The van der Waals surface area contributed by atoms with Gasteiger partial charge in [-0.2, -0.15) is 8.78 Å². The summed E-state index contributed by atoms with van der Waals surface area (Å²) in [5.41, 5.74) is 2.98. The van der Waals surface area contributed by atoms with E-state index in [1.165, 1.54) is 4.90 Å². The van der Waals surface area contributed by atoms with E-state index in [0.29, 0.717) is 27.7 Å². The first-order valence-corrected chi connectivity index (χ1v) is 13.3. The van der Waals surface area contributed by atoms with Crippen LogP contribution in [0, 0.1) is 29.2 Å². The summed E-state index contributed by atoms with van der Waals surface area (Å²) in [5, 5.41) is 9.38. The Hall–Kier alpha value is -5.27. The van der Waals surface area contributed by atoms with E-state index in [-0.39, 0.29) is 30.3 Å². The second-order valence-electron chi connectivity index (χ2n) is 10.2. The number of ether oxygens (including phenoxy) is 1. The van der Waals surface area contributed by atoms with Crippen molar-refractivity contribution in [3.05, 3.63) is 87.3 Å². The van der Waals surface area contributed by atoms with Gasteiger partial charge < -0.3 is 24.7 Å². The van der Waals surface area contributed by atoms with E-state index < -0.39 is 77.4 Å². The number of aromatic nitrogens is 2. The predicted octanol–water partition coefficient (Wildman–Crippen LogP) is 4.12. The third-order valence-electron chi connectivity index (χ3n) is 7.42. The first-order valence-electron chi connectivity index (χ1n) is 13.3. The Balaban J connectivity index is 1.37. The Bertz CT molecular complexity index is 1880. The number of rotatable bonds is 11. The number of fused-ring (bicyclic) bond motifs is 2. The number of H-pyrrole nitrogens is 2. The molecule has 2 heterocycles. The first kappa shape index (κ1) is 30.2. The molecular formula is C30H23F4N3O7. The summed E-state index contributed by atoms with van der Waals surface area (Å²) in [4.78, 5) is 69.7. The molecule has 1 amide bonds. The minimum absolute atomic E-state index is 0.00837. The van der Waals surface area contributed by atoms with Crippen molar-refractivity contribution in [2.45, 2.75) is 32.4 Å². The van der Waals surface area contributed by atoms with Crippen LogP contribution >= 0.6 is 0 Å². The number of hydrogen-bond donors (Lipinski definition) is 3. The van der Waals surface area contributed by atoms with Gasteiger partial charge in [-0.05, 0) is 41.3 Å². The molecule has 2 atom stereocenters. The van der Waals surface area contributed by atoms with Crippen molar-refractivity contribution in [1.82, 2.24) is 14.9 Å². The number of benzene rings is 3. The molecule has 0 aliphatic carbocycles. The van der Waals surface area contributed by atoms with E-state index in [4.69, 9.17) is 0 Å². The molecule has 0 bridgehead atoms. The highest BCUT2D eigenvalue weighted by Gasteiger charge is 2.41. The second kappa shape index (κ2) is 11.8. The number of nitrogens with one attached hydrogen (secondary N) is 2. The average molecular weight is 614 g/mol. The van der Waals surface area contributed by atoms with E-state index >= 15 is 0 Å². The zero-order valence-corrected chi connectivity index (χ0v) is 22.9. The maximum Gasteiger partial charge on any atom is 0.323 e. The number of nitrogens with zero attached hydrogens (tertiary/aromatic N) is 1. The Morgan fingerprint density at radius 3 is 2.23 bits per heavy atom. The summed E-state index contributed by atoms with van der Waals surface area (Å²) < 4.78 is 59.7. The molecule has 14 heteroatoms. The number of ketones is 2. The molecule has 4 aromatic rings. The smallest absolute Gasteiger partial charge is 0.323 e. The molecule has 10 nitrogen and oxygen atoms in total. The summed E-state index contributed by atoms with van der Waals surface area (Å²) in [6.45, 7) is 0.258. The number of hydrogen-bond acceptors (Lipinski definition) is 6. The Morgan fingerprint density at radius 2 is 1.57 bits per heavy atom. The number of halogens is 4. The molecule has 0 spiro atoms. The van der Waals surface area contributed by atoms with Crippen molar-refractivity contribution in [2.75, 3.05) is 6.61 Å². The lowest BCUT2D eigenvalue weighted by Gasteiger charge is -2.28. The zero-order chi connectivity index (χ0) is 31.9. The van der Waals surface area contributed by atoms with Crippen LogP contribution in [0.3, 0.4) is 0 Å². The van der Waals surface area contributed by atoms with Crippen molar-refractivity contribution in [3.63, 3.8) is 0 Å². The van der Waals surface area contributed by atoms with Gasteiger partial charge in [-0.1, -0.05) is 25.1 Å². The van der Waals surface area contributed by atoms with Crippen LogP contribution < -0.4 is 10.4 Å². The number of aliphatic carboxylic acids is 1. The molecule has 0 saturated carbocycles. The van der Waals surface area contributed by atoms with E-state index in [1.807, 2.05) is 0 Å². The molecule has 3 aromatic carbocycles. The first-order chi connectivity index (χ1) is 20.9. The summed E-state index contributed by atoms with van der Waals surface area (Å²) >= 11 is 0. The van der Waals surface area contributed by atoms with Gasteiger partial charge in [0.05, 0.1) is 29.4 Å². The topological polar surface area (TPSA) is 150 Å². The van der Waals surface area contributed by atoms with Gasteiger partial charge in [-0.15, -0.1) is 0 Å². The molecule has 1 aliphatic rings. The number of carbonyl (C=O) groups is 4. The maximum absolute atomic E-state index is 14.0. The van der Waals surface area contributed by atoms with Crippen LogP contribution in [0.5, 0.6) is 5.75 Å². The summed E-state index contributed by atoms with van der Waals surface area (Å²) in [6.07, 6.45) is -1.03. The SMILES string of the molecule is CC[C@@H](C(=O)[C@H](CC(=O)O)C(=O)COc1c(F)c(F)cc(F)c1F)N1Cc2ccc(-c3ccc4[nH]c(=O)[nH]c4c3)cc2C1=O. The molecule has 0 saturated heterocycles. The highest BCUT2D eigenvalue weighted by atomic mass is 19.2. The van der Waals surface area contributed by atoms with Crippen LogP contribution in [0.2, 0.25) is 0 Å². The molecule has 3 N–H and O–H groups in total. The summed E-state index contributed by atoms with van der Waals surface area (Å²) in [7, 11) is 0. The number of carboxylic acids is 1. The fourth-order valence-electron chi connectivity index (χ4n) is 5.24. The Morgan fingerprint density at radius 1 is 0.932 bits per heavy atom. The average Bonchev–Trinajstić information content (AvgIpc) is 3.52.